The third kappa shape index (κ3) is 6.17. The number of para-hydroxylation sites is 1. The van der Waals surface area contributed by atoms with E-state index in [9.17, 15) is 0 Å². The molecule has 1 aromatic rings. The third-order valence-electron chi connectivity index (χ3n) is 1.02. The minimum atomic E-state index is 0.383. The third-order valence-corrected chi connectivity index (χ3v) is 1.09. The molecule has 0 saturated heterocycles. The minimum Gasteiger partial charge on any atom is -0.356 e. The van der Waals surface area contributed by atoms with Crippen molar-refractivity contribution in [3.05, 3.63) is 30.3 Å². The number of halogens is 1. The summed E-state index contributed by atoms with van der Waals surface area (Å²) in [5.41, 5.74) is 0. The largest absolute Gasteiger partial charge is 0.356 e. The molecule has 2 nitrogen and oxygen atoms in total. The van der Waals surface area contributed by atoms with E-state index in [1.165, 1.54) is 0 Å². The smallest absolute Gasteiger partial charge is 0.158 e. The van der Waals surface area contributed by atoms with Crippen molar-refractivity contribution in [3.8, 4) is 5.75 Å². The van der Waals surface area contributed by atoms with Gasteiger partial charge in [0.15, 0.2) is 5.75 Å². The number of nitrogens with zero attached hydrogens (tertiary/aromatic N) is 1. The van der Waals surface area contributed by atoms with E-state index >= 15 is 0 Å². The molecule has 0 aliphatic heterocycles. The maximum atomic E-state index is 5.45. The van der Waals surface area contributed by atoms with Gasteiger partial charge in [-0.3, -0.25) is 0 Å². The van der Waals surface area contributed by atoms with Gasteiger partial charge in [-0.1, -0.05) is 48.8 Å². The van der Waals surface area contributed by atoms with Crippen LogP contribution in [0.3, 0.4) is 0 Å². The van der Waals surface area contributed by atoms with Crippen LogP contribution in [0.2, 0.25) is 0 Å². The van der Waals surface area contributed by atoms with Crippen LogP contribution >= 0.6 is 11.6 Å². The van der Waals surface area contributed by atoms with E-state index in [0.29, 0.717) is 10.9 Å². The molecular formula is C10H14ClNO. The number of hydrogen-bond acceptors (Lipinski definition) is 2. The monoisotopic (exact) mass is 199 g/mol. The maximum absolute atomic E-state index is 5.45. The number of benzene rings is 1. The Hall–Kier alpha value is -1.02. The summed E-state index contributed by atoms with van der Waals surface area (Å²) in [4.78, 5) is 4.92. The van der Waals surface area contributed by atoms with Gasteiger partial charge in [-0.15, -0.1) is 0 Å². The van der Waals surface area contributed by atoms with Gasteiger partial charge in [0.05, 0.1) is 0 Å². The van der Waals surface area contributed by atoms with Crippen molar-refractivity contribution < 1.29 is 4.84 Å². The van der Waals surface area contributed by atoms with Crippen molar-refractivity contribution in [1.29, 1.82) is 0 Å². The first-order chi connectivity index (χ1) is 6.29. The topological polar surface area (TPSA) is 21.6 Å². The normalized spacial score (nSPS) is 10.0. The summed E-state index contributed by atoms with van der Waals surface area (Å²) >= 11 is 5.45. The van der Waals surface area contributed by atoms with Gasteiger partial charge >= 0.3 is 0 Å². The van der Waals surface area contributed by atoms with Crippen molar-refractivity contribution in [2.24, 2.45) is 5.16 Å². The summed E-state index contributed by atoms with van der Waals surface area (Å²) in [7, 11) is 0. The molecule has 0 radical (unpaired) electrons. The zero-order valence-corrected chi connectivity index (χ0v) is 8.88. The highest BCUT2D eigenvalue weighted by Crippen LogP contribution is 2.08. The summed E-state index contributed by atoms with van der Waals surface area (Å²) in [5, 5.41) is 3.96. The molecule has 0 aliphatic carbocycles. The molecule has 13 heavy (non-hydrogen) atoms. The summed E-state index contributed by atoms with van der Waals surface area (Å²) in [5.74, 6) is 0.688. The zero-order valence-electron chi connectivity index (χ0n) is 8.12. The number of oxime groups is 1. The lowest BCUT2D eigenvalue weighted by Crippen LogP contribution is -1.85. The second kappa shape index (κ2) is 7.62. The molecule has 3 heteroatoms. The van der Waals surface area contributed by atoms with E-state index in [1.54, 1.807) is 6.92 Å². The lowest BCUT2D eigenvalue weighted by atomic mass is 10.3. The first-order valence-electron chi connectivity index (χ1n) is 4.21. The van der Waals surface area contributed by atoms with E-state index < -0.39 is 0 Å². The predicted octanol–water partition coefficient (Wildman–Crippen LogP) is 3.66. The summed E-state index contributed by atoms with van der Waals surface area (Å²) in [6, 6.07) is 9.26. The Bertz CT molecular complexity index is 242. The Kier molecular flexibility index (Phi) is 7.02. The van der Waals surface area contributed by atoms with Crippen molar-refractivity contribution in [2.45, 2.75) is 20.8 Å². The number of hydrogen-bond donors (Lipinski definition) is 0. The van der Waals surface area contributed by atoms with Crippen molar-refractivity contribution >= 4 is 16.8 Å². The van der Waals surface area contributed by atoms with Crippen LogP contribution in [-0.2, 0) is 0 Å². The summed E-state index contributed by atoms with van der Waals surface area (Å²) in [6.45, 7) is 5.66. The zero-order chi connectivity index (χ0) is 10.1. The second-order valence-electron chi connectivity index (χ2n) is 1.99. The van der Waals surface area contributed by atoms with Crippen molar-refractivity contribution in [2.75, 3.05) is 0 Å². The number of rotatable bonds is 2. The van der Waals surface area contributed by atoms with Gasteiger partial charge in [-0.25, -0.2) is 0 Å². The predicted molar refractivity (Wildman–Crippen MR) is 57.4 cm³/mol. The van der Waals surface area contributed by atoms with Crippen LogP contribution in [0.4, 0.5) is 0 Å². The van der Waals surface area contributed by atoms with E-state index in [-0.39, 0.29) is 0 Å². The lowest BCUT2D eigenvalue weighted by molar-refractivity contribution is 0.342. The lowest BCUT2D eigenvalue weighted by Gasteiger charge is -1.95. The van der Waals surface area contributed by atoms with Gasteiger partial charge in [0, 0.05) is 0 Å². The van der Waals surface area contributed by atoms with Crippen LogP contribution in [0.25, 0.3) is 0 Å². The van der Waals surface area contributed by atoms with E-state index in [0.717, 1.165) is 0 Å². The molecule has 72 valence electrons. The summed E-state index contributed by atoms with van der Waals surface area (Å²) < 4.78 is 0. The molecule has 0 unspecified atom stereocenters. The quantitative estimate of drug-likeness (QED) is 0.526. The van der Waals surface area contributed by atoms with Gasteiger partial charge in [0.2, 0.25) is 0 Å². The van der Waals surface area contributed by atoms with E-state index in [1.807, 2.05) is 44.2 Å². The SMILES string of the molecule is C/C(Cl)=N/Oc1ccccc1.CC. The Labute approximate surface area is 84.2 Å². The van der Waals surface area contributed by atoms with Crippen LogP contribution in [0, 0.1) is 0 Å². The van der Waals surface area contributed by atoms with Crippen LogP contribution in [0.5, 0.6) is 5.75 Å². The molecule has 0 saturated carbocycles. The van der Waals surface area contributed by atoms with Crippen LogP contribution in [0.15, 0.2) is 35.5 Å². The van der Waals surface area contributed by atoms with Crippen LogP contribution in [0.1, 0.15) is 20.8 Å². The highest BCUT2D eigenvalue weighted by Gasteiger charge is 1.87. The molecule has 1 aromatic carbocycles. The van der Waals surface area contributed by atoms with Gasteiger partial charge < -0.3 is 4.84 Å². The van der Waals surface area contributed by atoms with E-state index in [2.05, 4.69) is 5.16 Å². The van der Waals surface area contributed by atoms with Crippen molar-refractivity contribution in [3.63, 3.8) is 0 Å². The van der Waals surface area contributed by atoms with Crippen LogP contribution < -0.4 is 4.84 Å². The van der Waals surface area contributed by atoms with Crippen LogP contribution in [-0.4, -0.2) is 5.17 Å². The van der Waals surface area contributed by atoms with Crippen molar-refractivity contribution in [1.82, 2.24) is 0 Å². The molecule has 0 bridgehead atoms. The Morgan fingerprint density at radius 1 is 1.23 bits per heavy atom. The minimum absolute atomic E-state index is 0.383. The average Bonchev–Trinajstić information content (AvgIpc) is 2.19. The first kappa shape index (κ1) is 12.0. The first-order valence-corrected chi connectivity index (χ1v) is 4.59. The highest BCUT2D eigenvalue weighted by atomic mass is 35.5. The molecular weight excluding hydrogens is 186 g/mol. The Morgan fingerprint density at radius 2 is 1.77 bits per heavy atom. The molecule has 0 amide bonds. The molecule has 0 heterocycles. The highest BCUT2D eigenvalue weighted by molar-refractivity contribution is 6.64. The summed E-state index contributed by atoms with van der Waals surface area (Å²) in [6.07, 6.45) is 0. The molecule has 0 fully saturated rings. The Morgan fingerprint density at radius 3 is 2.23 bits per heavy atom. The fourth-order valence-electron chi connectivity index (χ4n) is 0.597. The van der Waals surface area contributed by atoms with E-state index in [4.69, 9.17) is 16.4 Å². The van der Waals surface area contributed by atoms with Gasteiger partial charge in [-0.2, -0.15) is 0 Å². The molecule has 0 N–H and O–H groups in total. The Balaban J connectivity index is 0.000000671. The average molecular weight is 200 g/mol. The molecule has 0 spiro atoms. The molecule has 0 aromatic heterocycles. The fourth-order valence-corrected chi connectivity index (χ4v) is 0.631. The molecule has 1 rings (SSSR count). The second-order valence-corrected chi connectivity index (χ2v) is 2.54. The molecule has 0 atom stereocenters. The van der Waals surface area contributed by atoms with Gasteiger partial charge in [-0.05, 0) is 19.1 Å². The maximum Gasteiger partial charge on any atom is 0.158 e. The van der Waals surface area contributed by atoms with Gasteiger partial charge in [0.1, 0.15) is 5.17 Å². The van der Waals surface area contributed by atoms with Gasteiger partial charge in [0.25, 0.3) is 0 Å². The fraction of sp³-hybridized carbons (Fsp3) is 0.300. The standard InChI is InChI=1S/C8H8ClNO.C2H6/c1-7(9)10-11-8-5-3-2-4-6-8;1-2/h2-6H,1H3;1-2H3/b10-7-;. The molecule has 0 aliphatic rings.